The molecular formula is C11H8Cl2N2. The molecule has 0 N–H and O–H groups in total. The van der Waals surface area contributed by atoms with Crippen molar-refractivity contribution in [2.75, 3.05) is 0 Å². The van der Waals surface area contributed by atoms with Gasteiger partial charge in [-0.1, -0.05) is 41.4 Å². The van der Waals surface area contributed by atoms with Gasteiger partial charge < -0.3 is 0 Å². The summed E-state index contributed by atoms with van der Waals surface area (Å²) in [4.78, 5) is 0. The Morgan fingerprint density at radius 1 is 0.933 bits per heavy atom. The third kappa shape index (κ3) is 2.67. The standard InChI is InChI=1S/C11H8Cl2N2/c12-10-4-2-1-3-8(10)7-9-5-6-11(13)15-14-9/h1-6H,7H2. The molecule has 2 aromatic rings. The predicted molar refractivity (Wildman–Crippen MR) is 61.3 cm³/mol. The van der Waals surface area contributed by atoms with Crippen molar-refractivity contribution in [2.45, 2.75) is 6.42 Å². The third-order valence-corrected chi connectivity index (χ3v) is 2.59. The number of hydrogen-bond acceptors (Lipinski definition) is 2. The van der Waals surface area contributed by atoms with E-state index in [1.807, 2.05) is 30.3 Å². The minimum absolute atomic E-state index is 0.401. The number of nitrogens with zero attached hydrogens (tertiary/aromatic N) is 2. The summed E-state index contributed by atoms with van der Waals surface area (Å²) in [6, 6.07) is 11.3. The molecule has 1 aromatic carbocycles. The second-order valence-corrected chi connectivity index (χ2v) is 3.91. The van der Waals surface area contributed by atoms with Gasteiger partial charge in [0.15, 0.2) is 5.15 Å². The number of aromatic nitrogens is 2. The van der Waals surface area contributed by atoms with Crippen molar-refractivity contribution in [2.24, 2.45) is 0 Å². The Morgan fingerprint density at radius 3 is 2.40 bits per heavy atom. The normalized spacial score (nSPS) is 10.3. The van der Waals surface area contributed by atoms with Gasteiger partial charge in [0.1, 0.15) is 0 Å². The fourth-order valence-electron chi connectivity index (χ4n) is 1.27. The minimum atomic E-state index is 0.401. The van der Waals surface area contributed by atoms with Crippen molar-refractivity contribution in [3.8, 4) is 0 Å². The molecule has 0 saturated carbocycles. The van der Waals surface area contributed by atoms with Crippen LogP contribution in [0.5, 0.6) is 0 Å². The van der Waals surface area contributed by atoms with Gasteiger partial charge in [0.05, 0.1) is 5.69 Å². The molecule has 0 aliphatic carbocycles. The fourth-order valence-corrected chi connectivity index (χ4v) is 1.58. The average Bonchev–Trinajstić information content (AvgIpc) is 2.25. The number of benzene rings is 1. The van der Waals surface area contributed by atoms with E-state index in [2.05, 4.69) is 10.2 Å². The summed E-state index contributed by atoms with van der Waals surface area (Å²) < 4.78 is 0. The molecule has 4 heteroatoms. The van der Waals surface area contributed by atoms with Crippen molar-refractivity contribution in [1.29, 1.82) is 0 Å². The highest BCUT2D eigenvalue weighted by atomic mass is 35.5. The van der Waals surface area contributed by atoms with Crippen LogP contribution in [0.15, 0.2) is 36.4 Å². The lowest BCUT2D eigenvalue weighted by molar-refractivity contribution is 0.937. The molecule has 2 nitrogen and oxygen atoms in total. The molecule has 1 aromatic heterocycles. The summed E-state index contributed by atoms with van der Waals surface area (Å²) in [5.74, 6) is 0. The van der Waals surface area contributed by atoms with Gasteiger partial charge in [-0.15, -0.1) is 5.10 Å². The Morgan fingerprint density at radius 2 is 1.73 bits per heavy atom. The Bertz CT molecular complexity index is 454. The first-order valence-electron chi connectivity index (χ1n) is 4.47. The van der Waals surface area contributed by atoms with Crippen LogP contribution >= 0.6 is 23.2 Å². The summed E-state index contributed by atoms with van der Waals surface area (Å²) in [5.41, 5.74) is 1.89. The van der Waals surface area contributed by atoms with Crippen molar-refractivity contribution < 1.29 is 0 Å². The smallest absolute Gasteiger partial charge is 0.151 e. The lowest BCUT2D eigenvalue weighted by Crippen LogP contribution is -1.94. The molecule has 0 aliphatic heterocycles. The largest absolute Gasteiger partial charge is 0.154 e. The first-order valence-corrected chi connectivity index (χ1v) is 5.23. The molecule has 15 heavy (non-hydrogen) atoms. The van der Waals surface area contributed by atoms with E-state index in [0.29, 0.717) is 11.6 Å². The van der Waals surface area contributed by atoms with E-state index < -0.39 is 0 Å². The monoisotopic (exact) mass is 238 g/mol. The molecule has 0 spiro atoms. The van der Waals surface area contributed by atoms with Crippen LogP contribution in [-0.2, 0) is 6.42 Å². The van der Waals surface area contributed by atoms with Crippen LogP contribution in [0.3, 0.4) is 0 Å². The molecule has 0 fully saturated rings. The van der Waals surface area contributed by atoms with E-state index in [4.69, 9.17) is 23.2 Å². The number of rotatable bonds is 2. The zero-order valence-corrected chi connectivity index (χ0v) is 9.33. The maximum Gasteiger partial charge on any atom is 0.151 e. The minimum Gasteiger partial charge on any atom is -0.154 e. The molecule has 2 rings (SSSR count). The molecule has 1 heterocycles. The van der Waals surface area contributed by atoms with Crippen LogP contribution in [0.4, 0.5) is 0 Å². The Hall–Kier alpha value is -1.12. The number of halogens is 2. The van der Waals surface area contributed by atoms with Gasteiger partial charge in [0, 0.05) is 11.4 Å². The highest BCUT2D eigenvalue weighted by Gasteiger charge is 2.02. The zero-order chi connectivity index (χ0) is 10.7. The van der Waals surface area contributed by atoms with E-state index in [-0.39, 0.29) is 0 Å². The predicted octanol–water partition coefficient (Wildman–Crippen LogP) is 3.37. The van der Waals surface area contributed by atoms with Crippen LogP contribution in [0.1, 0.15) is 11.3 Å². The molecular weight excluding hydrogens is 231 g/mol. The molecule has 0 radical (unpaired) electrons. The van der Waals surface area contributed by atoms with Gasteiger partial charge in [-0.3, -0.25) is 0 Å². The summed E-state index contributed by atoms with van der Waals surface area (Å²) in [5, 5.41) is 8.90. The van der Waals surface area contributed by atoms with Gasteiger partial charge in [-0.2, -0.15) is 5.10 Å². The van der Waals surface area contributed by atoms with Crippen LogP contribution < -0.4 is 0 Å². The summed E-state index contributed by atoms with van der Waals surface area (Å²) in [6.07, 6.45) is 0.670. The Balaban J connectivity index is 2.22. The fraction of sp³-hybridized carbons (Fsp3) is 0.0909. The van der Waals surface area contributed by atoms with Crippen LogP contribution in [0.25, 0.3) is 0 Å². The third-order valence-electron chi connectivity index (χ3n) is 2.02. The van der Waals surface area contributed by atoms with E-state index in [1.165, 1.54) is 0 Å². The molecule has 0 unspecified atom stereocenters. The van der Waals surface area contributed by atoms with Crippen LogP contribution in [0.2, 0.25) is 10.2 Å². The maximum atomic E-state index is 6.03. The van der Waals surface area contributed by atoms with Crippen LogP contribution in [0, 0.1) is 0 Å². The molecule has 0 saturated heterocycles. The second-order valence-electron chi connectivity index (χ2n) is 3.12. The Labute approximate surface area is 97.9 Å². The molecule has 0 bridgehead atoms. The van der Waals surface area contributed by atoms with Gasteiger partial charge in [-0.05, 0) is 23.8 Å². The van der Waals surface area contributed by atoms with E-state index >= 15 is 0 Å². The highest BCUT2D eigenvalue weighted by molar-refractivity contribution is 6.31. The lowest BCUT2D eigenvalue weighted by atomic mass is 10.1. The van der Waals surface area contributed by atoms with Gasteiger partial charge in [0.25, 0.3) is 0 Å². The molecule has 0 atom stereocenters. The first kappa shape index (κ1) is 10.4. The highest BCUT2D eigenvalue weighted by Crippen LogP contribution is 2.17. The summed E-state index contributed by atoms with van der Waals surface area (Å²) >= 11 is 11.7. The van der Waals surface area contributed by atoms with E-state index in [0.717, 1.165) is 16.3 Å². The van der Waals surface area contributed by atoms with Crippen molar-refractivity contribution in [1.82, 2.24) is 10.2 Å². The van der Waals surface area contributed by atoms with Crippen molar-refractivity contribution >= 4 is 23.2 Å². The second kappa shape index (κ2) is 4.60. The maximum absolute atomic E-state index is 6.03. The van der Waals surface area contributed by atoms with Gasteiger partial charge >= 0.3 is 0 Å². The first-order chi connectivity index (χ1) is 7.25. The number of hydrogen-bond donors (Lipinski definition) is 0. The topological polar surface area (TPSA) is 25.8 Å². The van der Waals surface area contributed by atoms with Crippen molar-refractivity contribution in [3.05, 3.63) is 57.8 Å². The summed E-state index contributed by atoms with van der Waals surface area (Å²) in [6.45, 7) is 0. The Kier molecular flexibility index (Phi) is 3.19. The van der Waals surface area contributed by atoms with Crippen molar-refractivity contribution in [3.63, 3.8) is 0 Å². The SMILES string of the molecule is Clc1ccc(Cc2ccccc2Cl)nn1. The van der Waals surface area contributed by atoms with E-state index in [9.17, 15) is 0 Å². The van der Waals surface area contributed by atoms with Gasteiger partial charge in [0.2, 0.25) is 0 Å². The molecule has 76 valence electrons. The molecule has 0 amide bonds. The average molecular weight is 239 g/mol. The quantitative estimate of drug-likeness (QED) is 0.802. The lowest BCUT2D eigenvalue weighted by Gasteiger charge is -2.02. The zero-order valence-electron chi connectivity index (χ0n) is 7.82. The van der Waals surface area contributed by atoms with Gasteiger partial charge in [-0.25, -0.2) is 0 Å². The van der Waals surface area contributed by atoms with E-state index in [1.54, 1.807) is 6.07 Å². The molecule has 0 aliphatic rings. The summed E-state index contributed by atoms with van der Waals surface area (Å²) in [7, 11) is 0. The van der Waals surface area contributed by atoms with Crippen LogP contribution in [-0.4, -0.2) is 10.2 Å².